The Morgan fingerprint density at radius 1 is 1.58 bits per heavy atom. The Labute approximate surface area is 71.5 Å². The fraction of sp³-hybridized carbons (Fsp3) is 0.625. The van der Waals surface area contributed by atoms with Gasteiger partial charge in [-0.3, -0.25) is 0 Å². The van der Waals surface area contributed by atoms with Gasteiger partial charge in [-0.25, -0.2) is 0 Å². The topological polar surface area (TPSA) is 41.3 Å². The van der Waals surface area contributed by atoms with Gasteiger partial charge in [0.15, 0.2) is 11.6 Å². The largest absolute Gasteiger partial charge is 0.379 e. The Morgan fingerprint density at radius 2 is 2.42 bits per heavy atom. The second-order valence-corrected chi connectivity index (χ2v) is 3.14. The molecule has 0 radical (unpaired) electrons. The number of nitrogens with one attached hydrogen (secondary N) is 1. The Morgan fingerprint density at radius 3 is 3.25 bits per heavy atom. The van der Waals surface area contributed by atoms with Crippen LogP contribution in [0.25, 0.3) is 0 Å². The van der Waals surface area contributed by atoms with Gasteiger partial charge in [0.2, 0.25) is 0 Å². The summed E-state index contributed by atoms with van der Waals surface area (Å²) >= 11 is 0. The number of fused-ring (bicyclic) bond motifs is 1. The first-order valence-corrected chi connectivity index (χ1v) is 4.20. The summed E-state index contributed by atoms with van der Waals surface area (Å²) in [5.74, 6) is 1.81. The molecule has 0 fully saturated rings. The molecule has 1 aromatic heterocycles. The van der Waals surface area contributed by atoms with Gasteiger partial charge in [-0.2, -0.15) is 0 Å². The third kappa shape index (κ3) is 1.03. The van der Waals surface area contributed by atoms with Crippen LogP contribution in [0.4, 0.5) is 11.5 Å². The van der Waals surface area contributed by atoms with Gasteiger partial charge in [0.25, 0.3) is 0 Å². The molecular weight excluding hydrogens is 154 g/mol. The quantitative estimate of drug-likeness (QED) is 0.631. The third-order valence-corrected chi connectivity index (χ3v) is 2.18. The van der Waals surface area contributed by atoms with E-state index in [0.29, 0.717) is 0 Å². The number of anilines is 2. The highest BCUT2D eigenvalue weighted by atomic mass is 16.5. The van der Waals surface area contributed by atoms with E-state index >= 15 is 0 Å². The van der Waals surface area contributed by atoms with Crippen molar-refractivity contribution in [3.05, 3.63) is 5.76 Å². The molecule has 1 aliphatic rings. The zero-order valence-electron chi connectivity index (χ0n) is 7.42. The number of hydrogen-bond donors (Lipinski definition) is 1. The molecule has 0 atom stereocenters. The molecule has 1 aromatic rings. The Balaban J connectivity index is 2.41. The molecule has 1 N–H and O–H groups in total. The summed E-state index contributed by atoms with van der Waals surface area (Å²) in [6, 6.07) is 0. The molecule has 0 spiro atoms. The van der Waals surface area contributed by atoms with Crippen molar-refractivity contribution in [2.45, 2.75) is 13.3 Å². The van der Waals surface area contributed by atoms with E-state index in [1.165, 1.54) is 0 Å². The lowest BCUT2D eigenvalue weighted by Crippen LogP contribution is -2.17. The van der Waals surface area contributed by atoms with Crippen molar-refractivity contribution in [1.82, 2.24) is 5.16 Å². The maximum absolute atomic E-state index is 5.09. The first kappa shape index (κ1) is 7.46. The van der Waals surface area contributed by atoms with Crippen molar-refractivity contribution in [3.8, 4) is 0 Å². The normalized spacial score (nSPS) is 16.7. The third-order valence-electron chi connectivity index (χ3n) is 2.18. The van der Waals surface area contributed by atoms with E-state index in [2.05, 4.69) is 15.4 Å². The number of hydrogen-bond acceptors (Lipinski definition) is 4. The van der Waals surface area contributed by atoms with E-state index in [-0.39, 0.29) is 0 Å². The molecule has 0 aliphatic carbocycles. The lowest BCUT2D eigenvalue weighted by atomic mass is 10.4. The van der Waals surface area contributed by atoms with Crippen LogP contribution in [0.2, 0.25) is 0 Å². The molecule has 0 unspecified atom stereocenters. The number of rotatable bonds is 0. The van der Waals surface area contributed by atoms with Gasteiger partial charge in [-0.05, 0) is 13.3 Å². The molecule has 66 valence electrons. The van der Waals surface area contributed by atoms with E-state index in [9.17, 15) is 0 Å². The fourth-order valence-electron chi connectivity index (χ4n) is 1.46. The second-order valence-electron chi connectivity index (χ2n) is 3.14. The summed E-state index contributed by atoms with van der Waals surface area (Å²) in [6.45, 7) is 3.96. The molecule has 4 nitrogen and oxygen atoms in total. The van der Waals surface area contributed by atoms with Crippen molar-refractivity contribution in [2.75, 3.05) is 30.4 Å². The molecule has 0 bridgehead atoms. The average molecular weight is 167 g/mol. The van der Waals surface area contributed by atoms with Gasteiger partial charge in [0.05, 0.1) is 0 Å². The van der Waals surface area contributed by atoms with Crippen LogP contribution in [0.15, 0.2) is 4.52 Å². The predicted octanol–water partition coefficient (Wildman–Crippen LogP) is 1.23. The Kier molecular flexibility index (Phi) is 1.67. The van der Waals surface area contributed by atoms with Crippen LogP contribution >= 0.6 is 0 Å². The first-order chi connectivity index (χ1) is 5.79. The van der Waals surface area contributed by atoms with Gasteiger partial charge in [0, 0.05) is 20.1 Å². The highest BCUT2D eigenvalue weighted by molar-refractivity contribution is 5.67. The SMILES string of the molecule is Cc1onc2c1NCCCN2C. The molecule has 2 heterocycles. The average Bonchev–Trinajstić information content (AvgIpc) is 2.30. The summed E-state index contributed by atoms with van der Waals surface area (Å²) in [5, 5.41) is 7.29. The van der Waals surface area contributed by atoms with Crippen molar-refractivity contribution < 1.29 is 4.52 Å². The van der Waals surface area contributed by atoms with E-state index in [0.717, 1.165) is 36.8 Å². The van der Waals surface area contributed by atoms with E-state index < -0.39 is 0 Å². The van der Waals surface area contributed by atoms with Gasteiger partial charge < -0.3 is 14.7 Å². The standard InChI is InChI=1S/C8H13N3O/c1-6-7-8(10-12-6)11(2)5-3-4-9-7/h9H,3-5H2,1-2H3. The lowest BCUT2D eigenvalue weighted by molar-refractivity contribution is 0.397. The second kappa shape index (κ2) is 2.69. The predicted molar refractivity (Wildman–Crippen MR) is 47.6 cm³/mol. The Hall–Kier alpha value is -1.19. The van der Waals surface area contributed by atoms with E-state index in [1.807, 2.05) is 14.0 Å². The minimum atomic E-state index is 0.874. The molecule has 0 amide bonds. The van der Waals surface area contributed by atoms with Crippen LogP contribution in [0.5, 0.6) is 0 Å². The molecule has 2 rings (SSSR count). The highest BCUT2D eigenvalue weighted by Crippen LogP contribution is 2.29. The zero-order chi connectivity index (χ0) is 8.55. The number of aromatic nitrogens is 1. The summed E-state index contributed by atoms with van der Waals surface area (Å²) in [4.78, 5) is 2.12. The molecule has 0 saturated heterocycles. The van der Waals surface area contributed by atoms with Crippen LogP contribution < -0.4 is 10.2 Å². The summed E-state index contributed by atoms with van der Waals surface area (Å²) in [5.41, 5.74) is 1.05. The maximum atomic E-state index is 5.09. The molecule has 0 aromatic carbocycles. The zero-order valence-corrected chi connectivity index (χ0v) is 7.42. The maximum Gasteiger partial charge on any atom is 0.195 e. The molecule has 0 saturated carbocycles. The highest BCUT2D eigenvalue weighted by Gasteiger charge is 2.18. The van der Waals surface area contributed by atoms with Crippen molar-refractivity contribution in [2.24, 2.45) is 0 Å². The van der Waals surface area contributed by atoms with E-state index in [4.69, 9.17) is 4.52 Å². The monoisotopic (exact) mass is 167 g/mol. The van der Waals surface area contributed by atoms with Gasteiger partial charge in [0.1, 0.15) is 5.69 Å². The number of aryl methyl sites for hydroxylation is 1. The minimum Gasteiger partial charge on any atom is -0.379 e. The molecule has 4 heteroatoms. The van der Waals surface area contributed by atoms with Gasteiger partial charge >= 0.3 is 0 Å². The lowest BCUT2D eigenvalue weighted by Gasteiger charge is -2.11. The smallest absolute Gasteiger partial charge is 0.195 e. The number of nitrogens with zero attached hydrogens (tertiary/aromatic N) is 2. The summed E-state index contributed by atoms with van der Waals surface area (Å²) in [7, 11) is 2.04. The van der Waals surface area contributed by atoms with Gasteiger partial charge in [-0.15, -0.1) is 0 Å². The van der Waals surface area contributed by atoms with E-state index in [1.54, 1.807) is 0 Å². The Bertz CT molecular complexity index is 282. The van der Waals surface area contributed by atoms with Crippen LogP contribution in [0.1, 0.15) is 12.2 Å². The van der Waals surface area contributed by atoms with Crippen LogP contribution in [-0.4, -0.2) is 25.3 Å². The van der Waals surface area contributed by atoms with Gasteiger partial charge in [-0.1, -0.05) is 5.16 Å². The summed E-state index contributed by atoms with van der Waals surface area (Å²) in [6.07, 6.45) is 1.15. The van der Waals surface area contributed by atoms with Crippen LogP contribution in [0, 0.1) is 6.92 Å². The first-order valence-electron chi connectivity index (χ1n) is 4.20. The molecule has 12 heavy (non-hydrogen) atoms. The summed E-state index contributed by atoms with van der Waals surface area (Å²) < 4.78 is 5.09. The molecule has 1 aliphatic heterocycles. The van der Waals surface area contributed by atoms with Crippen LogP contribution in [-0.2, 0) is 0 Å². The van der Waals surface area contributed by atoms with Crippen molar-refractivity contribution in [1.29, 1.82) is 0 Å². The van der Waals surface area contributed by atoms with Crippen LogP contribution in [0.3, 0.4) is 0 Å². The van der Waals surface area contributed by atoms with Crippen molar-refractivity contribution >= 4 is 11.5 Å². The van der Waals surface area contributed by atoms with Crippen molar-refractivity contribution in [3.63, 3.8) is 0 Å². The molecular formula is C8H13N3O. The fourth-order valence-corrected chi connectivity index (χ4v) is 1.46. The minimum absolute atomic E-state index is 0.874.